The van der Waals surface area contributed by atoms with Gasteiger partial charge >= 0.3 is 0 Å². The van der Waals surface area contributed by atoms with E-state index in [-0.39, 0.29) is 6.10 Å². The fraction of sp³-hybridized carbons (Fsp3) is 0.357. The molecule has 0 fully saturated rings. The lowest BCUT2D eigenvalue weighted by atomic mass is 10.1. The maximum atomic E-state index is 5.52. The Morgan fingerprint density at radius 1 is 1.33 bits per heavy atom. The first kappa shape index (κ1) is 13.5. The second-order valence-corrected chi connectivity index (χ2v) is 5.67. The van der Waals surface area contributed by atoms with Crippen LogP contribution >= 0.6 is 22.6 Å². The van der Waals surface area contributed by atoms with Gasteiger partial charge in [-0.2, -0.15) is 5.10 Å². The first-order valence-corrected chi connectivity index (χ1v) is 7.13. The summed E-state index contributed by atoms with van der Waals surface area (Å²) in [5, 5.41) is 4.35. The highest BCUT2D eigenvalue weighted by Gasteiger charge is 2.02. The van der Waals surface area contributed by atoms with Crippen LogP contribution in [-0.2, 0) is 11.3 Å². The molecule has 0 aliphatic heterocycles. The van der Waals surface area contributed by atoms with Gasteiger partial charge in [-0.1, -0.05) is 12.1 Å². The Kier molecular flexibility index (Phi) is 4.77. The zero-order valence-corrected chi connectivity index (χ0v) is 12.8. The Morgan fingerprint density at radius 3 is 2.89 bits per heavy atom. The molecule has 0 atom stereocenters. The van der Waals surface area contributed by atoms with Gasteiger partial charge in [0, 0.05) is 15.3 Å². The topological polar surface area (TPSA) is 27.1 Å². The fourth-order valence-electron chi connectivity index (χ4n) is 1.68. The van der Waals surface area contributed by atoms with E-state index in [1.807, 2.05) is 24.7 Å². The van der Waals surface area contributed by atoms with E-state index in [0.29, 0.717) is 6.61 Å². The van der Waals surface area contributed by atoms with E-state index in [4.69, 9.17) is 4.74 Å². The summed E-state index contributed by atoms with van der Waals surface area (Å²) in [5.74, 6) is 0. The summed E-state index contributed by atoms with van der Waals surface area (Å²) in [7, 11) is 0. The molecule has 0 amide bonds. The van der Waals surface area contributed by atoms with Gasteiger partial charge in [-0.3, -0.25) is 4.68 Å². The molecule has 0 radical (unpaired) electrons. The Labute approximate surface area is 121 Å². The first-order valence-electron chi connectivity index (χ1n) is 6.05. The molecule has 1 aromatic heterocycles. The Morgan fingerprint density at radius 2 is 2.17 bits per heavy atom. The number of aromatic nitrogens is 2. The van der Waals surface area contributed by atoms with Crippen molar-refractivity contribution in [3.63, 3.8) is 0 Å². The van der Waals surface area contributed by atoms with Crippen LogP contribution < -0.4 is 0 Å². The molecule has 2 rings (SSSR count). The zero-order chi connectivity index (χ0) is 13.0. The predicted molar refractivity (Wildman–Crippen MR) is 81.5 cm³/mol. The minimum atomic E-state index is 0.274. The van der Waals surface area contributed by atoms with E-state index in [2.05, 4.69) is 58.2 Å². The molecule has 3 nitrogen and oxygen atoms in total. The van der Waals surface area contributed by atoms with Crippen molar-refractivity contribution in [2.45, 2.75) is 26.5 Å². The van der Waals surface area contributed by atoms with Crippen LogP contribution in [-0.4, -0.2) is 22.5 Å². The molecule has 96 valence electrons. The Bertz CT molecular complexity index is 508. The van der Waals surface area contributed by atoms with Crippen molar-refractivity contribution in [3.05, 3.63) is 40.2 Å². The smallest absolute Gasteiger partial charge is 0.0666 e. The molecule has 0 unspecified atom stereocenters. The SMILES string of the molecule is CC(C)OCCn1cc(-c2cccc(I)c2)cn1. The third kappa shape index (κ3) is 3.81. The second-order valence-electron chi connectivity index (χ2n) is 4.42. The summed E-state index contributed by atoms with van der Waals surface area (Å²) in [6, 6.07) is 8.42. The van der Waals surface area contributed by atoms with Crippen LogP contribution in [0.1, 0.15) is 13.8 Å². The number of hydrogen-bond donors (Lipinski definition) is 0. The van der Waals surface area contributed by atoms with Crippen LogP contribution in [0.25, 0.3) is 11.1 Å². The highest BCUT2D eigenvalue weighted by molar-refractivity contribution is 14.1. The van der Waals surface area contributed by atoms with Gasteiger partial charge in [0.2, 0.25) is 0 Å². The number of nitrogens with zero attached hydrogens (tertiary/aromatic N) is 2. The third-order valence-electron chi connectivity index (χ3n) is 2.56. The maximum Gasteiger partial charge on any atom is 0.0666 e. The molecule has 0 spiro atoms. The fourth-order valence-corrected chi connectivity index (χ4v) is 2.23. The molecule has 0 bridgehead atoms. The van der Waals surface area contributed by atoms with Crippen LogP contribution in [0.3, 0.4) is 0 Å². The van der Waals surface area contributed by atoms with E-state index >= 15 is 0 Å². The monoisotopic (exact) mass is 356 g/mol. The van der Waals surface area contributed by atoms with E-state index in [0.717, 1.165) is 12.1 Å². The van der Waals surface area contributed by atoms with Crippen molar-refractivity contribution in [3.8, 4) is 11.1 Å². The van der Waals surface area contributed by atoms with Gasteiger partial charge in [-0.05, 0) is 54.1 Å². The lowest BCUT2D eigenvalue weighted by Crippen LogP contribution is -2.10. The maximum absolute atomic E-state index is 5.52. The summed E-state index contributed by atoms with van der Waals surface area (Å²) in [4.78, 5) is 0. The minimum Gasteiger partial charge on any atom is -0.377 e. The molecule has 0 aliphatic carbocycles. The Balaban J connectivity index is 2.02. The van der Waals surface area contributed by atoms with Gasteiger partial charge in [-0.25, -0.2) is 0 Å². The molecular formula is C14H17IN2O. The van der Waals surface area contributed by atoms with Gasteiger partial charge in [0.1, 0.15) is 0 Å². The van der Waals surface area contributed by atoms with E-state index in [1.54, 1.807) is 0 Å². The molecule has 4 heteroatoms. The van der Waals surface area contributed by atoms with Gasteiger partial charge in [0.25, 0.3) is 0 Å². The Hall–Kier alpha value is -0.880. The number of hydrogen-bond acceptors (Lipinski definition) is 2. The van der Waals surface area contributed by atoms with Gasteiger partial charge < -0.3 is 4.74 Å². The highest BCUT2D eigenvalue weighted by atomic mass is 127. The van der Waals surface area contributed by atoms with Crippen molar-refractivity contribution >= 4 is 22.6 Å². The molecule has 0 saturated carbocycles. The minimum absolute atomic E-state index is 0.274. The normalized spacial score (nSPS) is 11.1. The van der Waals surface area contributed by atoms with Gasteiger partial charge in [0.15, 0.2) is 0 Å². The molecule has 0 aliphatic rings. The summed E-state index contributed by atoms with van der Waals surface area (Å²) in [6.07, 6.45) is 4.24. The van der Waals surface area contributed by atoms with Crippen LogP contribution in [0.5, 0.6) is 0 Å². The molecule has 2 aromatic rings. The lowest BCUT2D eigenvalue weighted by molar-refractivity contribution is 0.0710. The van der Waals surface area contributed by atoms with Crippen molar-refractivity contribution in [1.29, 1.82) is 0 Å². The second kappa shape index (κ2) is 6.33. The van der Waals surface area contributed by atoms with E-state index in [1.165, 1.54) is 9.13 Å². The molecule has 18 heavy (non-hydrogen) atoms. The quantitative estimate of drug-likeness (QED) is 0.766. The molecule has 1 heterocycles. The summed E-state index contributed by atoms with van der Waals surface area (Å²) in [6.45, 7) is 5.58. The van der Waals surface area contributed by atoms with E-state index in [9.17, 15) is 0 Å². The van der Waals surface area contributed by atoms with Crippen molar-refractivity contribution in [1.82, 2.24) is 9.78 Å². The first-order chi connectivity index (χ1) is 8.65. The summed E-state index contributed by atoms with van der Waals surface area (Å²) < 4.78 is 8.68. The molecular weight excluding hydrogens is 339 g/mol. The number of benzene rings is 1. The largest absolute Gasteiger partial charge is 0.377 e. The number of ether oxygens (including phenoxy) is 1. The van der Waals surface area contributed by atoms with Crippen LogP contribution in [0.2, 0.25) is 0 Å². The number of rotatable bonds is 5. The van der Waals surface area contributed by atoms with Crippen molar-refractivity contribution in [2.75, 3.05) is 6.61 Å². The molecule has 1 aromatic carbocycles. The van der Waals surface area contributed by atoms with Crippen molar-refractivity contribution < 1.29 is 4.74 Å². The standard InChI is InChI=1S/C14H17IN2O/c1-11(2)18-7-6-17-10-13(9-16-17)12-4-3-5-14(15)8-12/h3-5,8-11H,6-7H2,1-2H3. The predicted octanol–water partition coefficient (Wildman–Crippen LogP) is 3.58. The summed E-state index contributed by atoms with van der Waals surface area (Å²) >= 11 is 2.32. The highest BCUT2D eigenvalue weighted by Crippen LogP contribution is 2.20. The van der Waals surface area contributed by atoms with Crippen molar-refractivity contribution in [2.24, 2.45) is 0 Å². The zero-order valence-electron chi connectivity index (χ0n) is 10.6. The molecule has 0 N–H and O–H groups in total. The molecule has 0 saturated heterocycles. The number of halogens is 1. The summed E-state index contributed by atoms with van der Waals surface area (Å²) in [5.41, 5.74) is 2.36. The van der Waals surface area contributed by atoms with Gasteiger partial charge in [-0.15, -0.1) is 0 Å². The average Bonchev–Trinajstić information content (AvgIpc) is 2.77. The average molecular weight is 356 g/mol. The van der Waals surface area contributed by atoms with Gasteiger partial charge in [0.05, 0.1) is 25.5 Å². The van der Waals surface area contributed by atoms with Crippen LogP contribution in [0, 0.1) is 3.57 Å². The van der Waals surface area contributed by atoms with Crippen LogP contribution in [0.15, 0.2) is 36.7 Å². The van der Waals surface area contributed by atoms with E-state index < -0.39 is 0 Å². The third-order valence-corrected chi connectivity index (χ3v) is 3.23. The lowest BCUT2D eigenvalue weighted by Gasteiger charge is -2.06. The van der Waals surface area contributed by atoms with Crippen LogP contribution in [0.4, 0.5) is 0 Å².